The molecule has 2 N–H and O–H groups in total. The molecule has 18 heavy (non-hydrogen) atoms. The predicted molar refractivity (Wildman–Crippen MR) is 84.1 cm³/mol. The number of halogens is 3. The first kappa shape index (κ1) is 14.1. The van der Waals surface area contributed by atoms with Crippen LogP contribution in [0.1, 0.15) is 22.7 Å². The maximum Gasteiger partial charge on any atom is 0.0563 e. The third-order valence-electron chi connectivity index (χ3n) is 2.85. The Balaban J connectivity index is 2.41. The molecule has 1 atom stereocenters. The van der Waals surface area contributed by atoms with Gasteiger partial charge in [-0.15, -0.1) is 0 Å². The van der Waals surface area contributed by atoms with Crippen LogP contribution in [-0.4, -0.2) is 0 Å². The molecule has 0 amide bonds. The van der Waals surface area contributed by atoms with Crippen LogP contribution in [0.4, 0.5) is 0 Å². The summed E-state index contributed by atoms with van der Waals surface area (Å²) in [5.41, 5.74) is 9.39. The monoisotopic (exact) mass is 387 g/mol. The molecule has 2 rings (SSSR count). The van der Waals surface area contributed by atoms with Crippen molar-refractivity contribution in [2.45, 2.75) is 13.0 Å². The van der Waals surface area contributed by atoms with E-state index in [1.165, 1.54) is 0 Å². The van der Waals surface area contributed by atoms with Crippen molar-refractivity contribution in [3.05, 3.63) is 67.1 Å². The average Bonchev–Trinajstić information content (AvgIpc) is 2.32. The fourth-order valence-corrected chi connectivity index (χ4v) is 3.22. The molecule has 0 aliphatic carbocycles. The zero-order valence-corrected chi connectivity index (χ0v) is 13.7. The summed E-state index contributed by atoms with van der Waals surface area (Å²) < 4.78 is 2.01. The van der Waals surface area contributed by atoms with Crippen molar-refractivity contribution >= 4 is 43.5 Å². The van der Waals surface area contributed by atoms with Gasteiger partial charge in [0.2, 0.25) is 0 Å². The minimum absolute atomic E-state index is 0.189. The van der Waals surface area contributed by atoms with Gasteiger partial charge in [-0.2, -0.15) is 0 Å². The normalized spacial score (nSPS) is 12.5. The SMILES string of the molecule is Cc1ccc(C(N)c2ccc(Br)cc2Br)cc1Cl. The van der Waals surface area contributed by atoms with E-state index in [1.807, 2.05) is 43.3 Å². The molecule has 0 spiro atoms. The lowest BCUT2D eigenvalue weighted by molar-refractivity contribution is 0.865. The van der Waals surface area contributed by atoms with E-state index >= 15 is 0 Å². The van der Waals surface area contributed by atoms with Crippen LogP contribution >= 0.6 is 43.5 Å². The van der Waals surface area contributed by atoms with Crippen LogP contribution in [0, 0.1) is 6.92 Å². The lowest BCUT2D eigenvalue weighted by Crippen LogP contribution is -2.12. The fourth-order valence-electron chi connectivity index (χ4n) is 1.74. The smallest absolute Gasteiger partial charge is 0.0563 e. The molecular weight excluding hydrogens is 377 g/mol. The van der Waals surface area contributed by atoms with Crippen molar-refractivity contribution in [1.29, 1.82) is 0 Å². The summed E-state index contributed by atoms with van der Waals surface area (Å²) in [4.78, 5) is 0. The molecule has 0 bridgehead atoms. The molecule has 1 unspecified atom stereocenters. The van der Waals surface area contributed by atoms with Gasteiger partial charge in [-0.05, 0) is 41.8 Å². The van der Waals surface area contributed by atoms with E-state index in [0.717, 1.165) is 30.7 Å². The highest BCUT2D eigenvalue weighted by Gasteiger charge is 2.13. The summed E-state index contributed by atoms with van der Waals surface area (Å²) in [5.74, 6) is 0. The highest BCUT2D eigenvalue weighted by molar-refractivity contribution is 9.11. The lowest BCUT2D eigenvalue weighted by Gasteiger charge is -2.15. The first-order chi connectivity index (χ1) is 8.49. The predicted octanol–water partition coefficient (Wildman–Crippen LogP) is 5.22. The van der Waals surface area contributed by atoms with Gasteiger partial charge >= 0.3 is 0 Å². The largest absolute Gasteiger partial charge is 0.320 e. The van der Waals surface area contributed by atoms with E-state index in [2.05, 4.69) is 31.9 Å². The van der Waals surface area contributed by atoms with Crippen LogP contribution in [0.15, 0.2) is 45.3 Å². The molecule has 0 aromatic heterocycles. The first-order valence-electron chi connectivity index (χ1n) is 5.45. The maximum absolute atomic E-state index is 6.28. The van der Waals surface area contributed by atoms with Crippen molar-refractivity contribution in [3.8, 4) is 0 Å². The molecule has 94 valence electrons. The van der Waals surface area contributed by atoms with Gasteiger partial charge in [0, 0.05) is 14.0 Å². The van der Waals surface area contributed by atoms with Gasteiger partial charge < -0.3 is 5.73 Å². The van der Waals surface area contributed by atoms with Crippen LogP contribution in [0.5, 0.6) is 0 Å². The third kappa shape index (κ3) is 2.97. The van der Waals surface area contributed by atoms with Crippen molar-refractivity contribution < 1.29 is 0 Å². The van der Waals surface area contributed by atoms with Crippen LogP contribution in [-0.2, 0) is 0 Å². The van der Waals surface area contributed by atoms with Crippen LogP contribution in [0.3, 0.4) is 0 Å². The summed E-state index contributed by atoms with van der Waals surface area (Å²) in [5, 5.41) is 0.746. The van der Waals surface area contributed by atoms with Crippen molar-refractivity contribution in [3.63, 3.8) is 0 Å². The number of hydrogen-bond acceptors (Lipinski definition) is 1. The second-order valence-corrected chi connectivity index (χ2v) is 6.33. The Labute approximate surface area is 129 Å². The van der Waals surface area contributed by atoms with E-state index in [1.54, 1.807) is 0 Å². The Morgan fingerprint density at radius 2 is 1.83 bits per heavy atom. The van der Waals surface area contributed by atoms with Gasteiger partial charge in [-0.3, -0.25) is 0 Å². The van der Waals surface area contributed by atoms with Crippen LogP contribution < -0.4 is 5.73 Å². The summed E-state index contributed by atoms with van der Waals surface area (Å²) in [6.45, 7) is 1.98. The number of nitrogens with two attached hydrogens (primary N) is 1. The quantitative estimate of drug-likeness (QED) is 0.749. The summed E-state index contributed by atoms with van der Waals surface area (Å²) >= 11 is 13.1. The van der Waals surface area contributed by atoms with Gasteiger partial charge in [0.25, 0.3) is 0 Å². The van der Waals surface area contributed by atoms with Gasteiger partial charge in [0.05, 0.1) is 6.04 Å². The van der Waals surface area contributed by atoms with E-state index in [4.69, 9.17) is 17.3 Å². The molecule has 4 heteroatoms. The third-order valence-corrected chi connectivity index (χ3v) is 4.44. The van der Waals surface area contributed by atoms with Gasteiger partial charge in [-0.25, -0.2) is 0 Å². The fraction of sp³-hybridized carbons (Fsp3) is 0.143. The highest BCUT2D eigenvalue weighted by atomic mass is 79.9. The Bertz CT molecular complexity index is 584. The topological polar surface area (TPSA) is 26.0 Å². The molecule has 0 saturated heterocycles. The molecule has 0 saturated carbocycles. The summed E-state index contributed by atoms with van der Waals surface area (Å²) in [7, 11) is 0. The molecule has 0 heterocycles. The molecular formula is C14H12Br2ClN. The Morgan fingerprint density at radius 1 is 1.11 bits per heavy atom. The number of aryl methyl sites for hydroxylation is 1. The first-order valence-corrected chi connectivity index (χ1v) is 7.42. The Kier molecular flexibility index (Phi) is 4.49. The zero-order chi connectivity index (χ0) is 13.3. The summed E-state index contributed by atoms with van der Waals surface area (Å²) in [6, 6.07) is 11.7. The minimum atomic E-state index is -0.189. The van der Waals surface area contributed by atoms with Gasteiger partial charge in [0.1, 0.15) is 0 Å². The standard InChI is InChI=1S/C14H12Br2ClN/c1-8-2-3-9(6-13(8)17)14(18)11-5-4-10(15)7-12(11)16/h2-7,14H,18H2,1H3. The van der Waals surface area contributed by atoms with Crippen molar-refractivity contribution in [1.82, 2.24) is 0 Å². The van der Waals surface area contributed by atoms with Crippen LogP contribution in [0.25, 0.3) is 0 Å². The minimum Gasteiger partial charge on any atom is -0.320 e. The lowest BCUT2D eigenvalue weighted by atomic mass is 9.99. The summed E-state index contributed by atoms with van der Waals surface area (Å²) in [6.07, 6.45) is 0. The number of rotatable bonds is 2. The maximum atomic E-state index is 6.28. The van der Waals surface area contributed by atoms with Gasteiger partial charge in [-0.1, -0.05) is 61.7 Å². The Morgan fingerprint density at radius 3 is 2.44 bits per heavy atom. The van der Waals surface area contributed by atoms with Gasteiger partial charge in [0.15, 0.2) is 0 Å². The van der Waals surface area contributed by atoms with E-state index in [9.17, 15) is 0 Å². The highest BCUT2D eigenvalue weighted by Crippen LogP contribution is 2.30. The molecule has 2 aromatic carbocycles. The second-order valence-electron chi connectivity index (χ2n) is 4.15. The van der Waals surface area contributed by atoms with E-state index in [-0.39, 0.29) is 6.04 Å². The molecule has 0 radical (unpaired) electrons. The zero-order valence-electron chi connectivity index (χ0n) is 9.75. The molecule has 2 aromatic rings. The van der Waals surface area contributed by atoms with Crippen LogP contribution in [0.2, 0.25) is 5.02 Å². The molecule has 0 fully saturated rings. The number of hydrogen-bond donors (Lipinski definition) is 1. The number of benzene rings is 2. The van der Waals surface area contributed by atoms with Crippen molar-refractivity contribution in [2.75, 3.05) is 0 Å². The second kappa shape index (κ2) is 5.74. The molecule has 1 nitrogen and oxygen atoms in total. The van der Waals surface area contributed by atoms with E-state index in [0.29, 0.717) is 0 Å². The molecule has 0 aliphatic rings. The Hall–Kier alpha value is -0.350. The molecule has 0 aliphatic heterocycles. The van der Waals surface area contributed by atoms with Crippen molar-refractivity contribution in [2.24, 2.45) is 5.73 Å². The van der Waals surface area contributed by atoms with E-state index < -0.39 is 0 Å². The average molecular weight is 390 g/mol.